The third kappa shape index (κ3) is 10.1. The van der Waals surface area contributed by atoms with Gasteiger partial charge in [0.2, 0.25) is 5.79 Å². The molecule has 1 amide bonds. The van der Waals surface area contributed by atoms with E-state index < -0.39 is 55.0 Å². The van der Waals surface area contributed by atoms with Crippen molar-refractivity contribution in [3.63, 3.8) is 0 Å². The summed E-state index contributed by atoms with van der Waals surface area (Å²) in [7, 11) is 0.681. The number of aliphatic hydroxyl groups is 1. The second-order valence-corrected chi connectivity index (χ2v) is 18.3. The van der Waals surface area contributed by atoms with Gasteiger partial charge in [-0.25, -0.2) is 9.46 Å². The Bertz CT molecular complexity index is 2370. The predicted molar refractivity (Wildman–Crippen MR) is 242 cm³/mol. The molecule has 0 aliphatic carbocycles. The summed E-state index contributed by atoms with van der Waals surface area (Å²) >= 11 is 0. The lowest BCUT2D eigenvalue weighted by molar-refractivity contribution is -0.208. The van der Waals surface area contributed by atoms with Gasteiger partial charge in [0.25, 0.3) is 20.0 Å². The van der Waals surface area contributed by atoms with Crippen molar-refractivity contribution in [3.05, 3.63) is 164 Å². The Kier molecular flexibility index (Phi) is 14.5. The average molecular weight is 883 g/mol. The lowest BCUT2D eigenvalue weighted by Gasteiger charge is -2.40. The molecule has 0 spiro atoms. The van der Waals surface area contributed by atoms with E-state index in [1.165, 1.54) is 10.8 Å². The van der Waals surface area contributed by atoms with E-state index in [2.05, 4.69) is 10.3 Å². The van der Waals surface area contributed by atoms with E-state index >= 15 is 0 Å². The molecule has 0 saturated carbocycles. The maximum Gasteiger partial charge on any atom is 0.330 e. The fraction of sp³-hybridized carbons (Fsp3) is 0.396. The van der Waals surface area contributed by atoms with Gasteiger partial charge in [0.05, 0.1) is 27.2 Å². The first kappa shape index (κ1) is 47.3. The quantitative estimate of drug-likeness (QED) is 0.0407. The molecule has 1 saturated heterocycles. The van der Waals surface area contributed by atoms with Crippen molar-refractivity contribution in [1.82, 2.24) is 19.5 Å². The standard InChI is InChI=1S/C48H59N4O10P/c1-32(2)52(33(3)4)63(57)62-47(56)31-46(51-28-34(5)42(53)49-44(51)55,30-45(6,7)50-43(54)35-16-12-10-13-17-35)61-41(47)29-60-48(36-18-14-11-15-19-36,37-20-24-39(58-8)25-21-37)38-22-26-40(59-9)27-23-38/h10-28,32-33,41,56-57H,29-31H2,1-9H3,(H,50,54)(H,49,53,55)/t41-,46-,47-,63?/m1/s1. The molecule has 5 aromatic rings. The molecule has 1 unspecified atom stereocenters. The van der Waals surface area contributed by atoms with Gasteiger partial charge in [-0.05, 0) is 102 Å². The number of H-pyrrole nitrogens is 1. The topological polar surface area (TPSA) is 174 Å². The van der Waals surface area contributed by atoms with Crippen LogP contribution < -0.4 is 26.0 Å². The summed E-state index contributed by atoms with van der Waals surface area (Å²) in [4.78, 5) is 54.8. The van der Waals surface area contributed by atoms with Crippen LogP contribution in [0.1, 0.15) is 87.0 Å². The number of aryl methyl sites for hydroxylation is 1. The number of nitrogens with zero attached hydrogens (tertiary/aromatic N) is 2. The second kappa shape index (κ2) is 19.3. The molecule has 63 heavy (non-hydrogen) atoms. The number of benzene rings is 4. The van der Waals surface area contributed by atoms with Crippen LogP contribution in [0.3, 0.4) is 0 Å². The van der Waals surface area contributed by atoms with Crippen LogP contribution in [0.25, 0.3) is 0 Å². The van der Waals surface area contributed by atoms with Gasteiger partial charge in [0.1, 0.15) is 23.2 Å². The summed E-state index contributed by atoms with van der Waals surface area (Å²) in [6, 6.07) is 32.8. The van der Waals surface area contributed by atoms with E-state index in [0.29, 0.717) is 28.2 Å². The Morgan fingerprint density at radius 2 is 1.38 bits per heavy atom. The summed E-state index contributed by atoms with van der Waals surface area (Å²) in [5, 5.41) is 16.2. The molecule has 1 aliphatic heterocycles. The SMILES string of the molecule is COc1ccc(C(OC[C@H]2O[C@@](CC(C)(C)NC(=O)c3ccccc3)(n3cc(C)c(=O)[nH]c3=O)C[C@@]2(O)OP(O)N(C(C)C)C(C)C)(c2ccccc2)c2ccc(OC)cc2)cc1. The fourth-order valence-electron chi connectivity index (χ4n) is 8.52. The van der Waals surface area contributed by atoms with E-state index in [1.807, 2.05) is 113 Å². The third-order valence-electron chi connectivity index (χ3n) is 11.3. The molecule has 4 atom stereocenters. The summed E-state index contributed by atoms with van der Waals surface area (Å²) in [6.45, 7) is 12.4. The van der Waals surface area contributed by atoms with E-state index in [1.54, 1.807) is 63.9 Å². The van der Waals surface area contributed by atoms with Crippen LogP contribution in [-0.2, 0) is 25.3 Å². The highest BCUT2D eigenvalue weighted by atomic mass is 31.2. The van der Waals surface area contributed by atoms with E-state index in [4.69, 9.17) is 23.5 Å². The number of carbonyl (C=O) groups is 1. The van der Waals surface area contributed by atoms with E-state index in [9.17, 15) is 24.4 Å². The second-order valence-electron chi connectivity index (χ2n) is 17.1. The maximum atomic E-state index is 14.0. The van der Waals surface area contributed by atoms with Crippen molar-refractivity contribution < 1.29 is 38.3 Å². The molecule has 4 aromatic carbocycles. The summed E-state index contributed by atoms with van der Waals surface area (Å²) in [5.41, 5.74) is -2.94. The van der Waals surface area contributed by atoms with Gasteiger partial charge in [-0.15, -0.1) is 0 Å². The molecule has 0 radical (unpaired) electrons. The minimum absolute atomic E-state index is 0.117. The predicted octanol–water partition coefficient (Wildman–Crippen LogP) is 6.95. The van der Waals surface area contributed by atoms with Crippen LogP contribution in [0.4, 0.5) is 0 Å². The van der Waals surface area contributed by atoms with Crippen LogP contribution in [0.2, 0.25) is 0 Å². The first-order valence-corrected chi connectivity index (χ1v) is 22.1. The highest BCUT2D eigenvalue weighted by Gasteiger charge is 2.61. The molecule has 1 aliphatic rings. The molecule has 336 valence electrons. The van der Waals surface area contributed by atoms with Crippen LogP contribution in [0.5, 0.6) is 11.5 Å². The zero-order valence-corrected chi connectivity index (χ0v) is 38.2. The minimum Gasteiger partial charge on any atom is -0.497 e. The molecule has 14 nitrogen and oxygen atoms in total. The highest BCUT2D eigenvalue weighted by molar-refractivity contribution is 7.43. The lowest BCUT2D eigenvalue weighted by Crippen LogP contribution is -2.53. The summed E-state index contributed by atoms with van der Waals surface area (Å²) < 4.78 is 34.8. The third-order valence-corrected chi connectivity index (χ3v) is 13.1. The molecular weight excluding hydrogens is 824 g/mol. The summed E-state index contributed by atoms with van der Waals surface area (Å²) in [6.07, 6.45) is -0.583. The molecule has 1 aromatic heterocycles. The van der Waals surface area contributed by atoms with Gasteiger partial charge in [0, 0.05) is 41.4 Å². The number of aromatic nitrogens is 2. The molecular formula is C48H59N4O10P. The first-order chi connectivity index (χ1) is 29.9. The number of carbonyl (C=O) groups excluding carboxylic acids is 1. The van der Waals surface area contributed by atoms with Crippen LogP contribution in [0, 0.1) is 6.92 Å². The van der Waals surface area contributed by atoms with Crippen LogP contribution in [-0.4, -0.2) is 80.5 Å². The van der Waals surface area contributed by atoms with Crippen LogP contribution >= 0.6 is 8.53 Å². The first-order valence-electron chi connectivity index (χ1n) is 20.9. The van der Waals surface area contributed by atoms with Crippen molar-refractivity contribution in [3.8, 4) is 11.5 Å². The Balaban J connectivity index is 1.54. The zero-order valence-electron chi connectivity index (χ0n) is 37.3. The van der Waals surface area contributed by atoms with Gasteiger partial charge in [-0.1, -0.05) is 72.8 Å². The minimum atomic E-state index is -2.49. The monoisotopic (exact) mass is 882 g/mol. The van der Waals surface area contributed by atoms with Gasteiger partial charge in [-0.2, -0.15) is 0 Å². The van der Waals surface area contributed by atoms with Crippen LogP contribution in [0.15, 0.2) is 125 Å². The Hall–Kier alpha value is -5.18. The number of nitrogens with one attached hydrogen (secondary N) is 2. The van der Waals surface area contributed by atoms with Gasteiger partial charge < -0.3 is 34.3 Å². The molecule has 15 heteroatoms. The number of rotatable bonds is 18. The fourth-order valence-corrected chi connectivity index (χ4v) is 9.87. The van der Waals surface area contributed by atoms with E-state index in [0.717, 1.165) is 5.56 Å². The largest absolute Gasteiger partial charge is 0.497 e. The molecule has 6 rings (SSSR count). The lowest BCUT2D eigenvalue weighted by atomic mass is 9.80. The van der Waals surface area contributed by atoms with Gasteiger partial charge >= 0.3 is 5.69 Å². The van der Waals surface area contributed by atoms with Crippen molar-refractivity contribution in [2.24, 2.45) is 0 Å². The number of amides is 1. The molecule has 0 bridgehead atoms. The number of ether oxygens (including phenoxy) is 4. The van der Waals surface area contributed by atoms with Crippen molar-refractivity contribution in [2.45, 2.75) is 102 Å². The van der Waals surface area contributed by atoms with E-state index in [-0.39, 0.29) is 36.6 Å². The number of hydrogen-bond donors (Lipinski definition) is 4. The number of hydrogen-bond acceptors (Lipinski definition) is 11. The van der Waals surface area contributed by atoms with Crippen molar-refractivity contribution >= 4 is 14.4 Å². The molecule has 4 N–H and O–H groups in total. The van der Waals surface area contributed by atoms with Gasteiger partial charge in [-0.3, -0.25) is 23.7 Å². The van der Waals surface area contributed by atoms with Crippen molar-refractivity contribution in [1.29, 1.82) is 0 Å². The Morgan fingerprint density at radius 1 is 0.873 bits per heavy atom. The normalized spacial score (nSPS) is 19.7. The highest BCUT2D eigenvalue weighted by Crippen LogP contribution is 2.54. The Labute approximate surface area is 369 Å². The maximum absolute atomic E-state index is 14.0. The molecule has 2 heterocycles. The van der Waals surface area contributed by atoms with Crippen molar-refractivity contribution in [2.75, 3.05) is 20.8 Å². The van der Waals surface area contributed by atoms with Gasteiger partial charge in [0.15, 0.2) is 5.72 Å². The Morgan fingerprint density at radius 3 is 1.89 bits per heavy atom. The smallest absolute Gasteiger partial charge is 0.330 e. The molecule has 1 fully saturated rings. The zero-order chi connectivity index (χ0) is 45.7. The average Bonchev–Trinajstić information content (AvgIpc) is 3.52. The summed E-state index contributed by atoms with van der Waals surface area (Å²) in [5.74, 6) is -1.46. The number of aromatic amines is 1. The number of methoxy groups -OCH3 is 2.